The van der Waals surface area contributed by atoms with Gasteiger partial charge in [0.05, 0.1) is 24.4 Å². The lowest BCUT2D eigenvalue weighted by Crippen LogP contribution is -2.25. The second kappa shape index (κ2) is 10.9. The molecule has 0 fully saturated rings. The van der Waals surface area contributed by atoms with E-state index in [-0.39, 0.29) is 0 Å². The van der Waals surface area contributed by atoms with Crippen LogP contribution in [0.3, 0.4) is 0 Å². The Morgan fingerprint density at radius 1 is 1.17 bits per heavy atom. The zero-order valence-electron chi connectivity index (χ0n) is 18.9. The molecule has 0 aliphatic rings. The number of imidazole rings is 1. The molecule has 4 rings (SSSR count). The highest BCUT2D eigenvalue weighted by Gasteiger charge is 2.17. The summed E-state index contributed by atoms with van der Waals surface area (Å²) < 4.78 is 5.99. The number of carbonyl (C=O) groups excluding carboxylic acids is 2. The van der Waals surface area contributed by atoms with Crippen LogP contribution in [0.1, 0.15) is 24.4 Å². The number of ether oxygens (including phenoxy) is 1. The predicted octanol–water partition coefficient (Wildman–Crippen LogP) is 3.77. The van der Waals surface area contributed by atoms with Crippen molar-refractivity contribution < 1.29 is 14.3 Å². The first kappa shape index (κ1) is 24.7. The van der Waals surface area contributed by atoms with Gasteiger partial charge in [-0.15, -0.1) is 5.10 Å². The molecule has 1 atom stereocenters. The summed E-state index contributed by atoms with van der Waals surface area (Å²) >= 11 is 12.4. The molecule has 0 bridgehead atoms. The van der Waals surface area contributed by atoms with Crippen LogP contribution in [0.15, 0.2) is 48.8 Å². The Bertz CT molecular complexity index is 1460. The van der Waals surface area contributed by atoms with E-state index in [0.29, 0.717) is 44.2 Å². The van der Waals surface area contributed by atoms with Crippen LogP contribution in [-0.4, -0.2) is 49.3 Å². The van der Waals surface area contributed by atoms with Crippen LogP contribution >= 0.6 is 23.2 Å². The lowest BCUT2D eigenvalue weighted by Gasteiger charge is -2.08. The van der Waals surface area contributed by atoms with Gasteiger partial charge in [-0.25, -0.2) is 9.78 Å². The molecule has 2 aromatic carbocycles. The highest BCUT2D eigenvalue weighted by molar-refractivity contribution is 6.32. The summed E-state index contributed by atoms with van der Waals surface area (Å²) in [5, 5.41) is 17.1. The fourth-order valence-electron chi connectivity index (χ4n) is 3.15. The molecule has 0 saturated carbocycles. The molecule has 0 radical (unpaired) electrons. The van der Waals surface area contributed by atoms with E-state index in [1.54, 1.807) is 49.4 Å². The highest BCUT2D eigenvalue weighted by Crippen LogP contribution is 2.28. The van der Waals surface area contributed by atoms with Gasteiger partial charge in [0, 0.05) is 22.2 Å². The van der Waals surface area contributed by atoms with Crippen LogP contribution in [0.5, 0.6) is 0 Å². The largest absolute Gasteiger partial charge is 0.453 e. The molecule has 4 aromatic rings. The number of nitrogens with one attached hydrogen (secondary N) is 3. The molecule has 0 unspecified atom stereocenters. The van der Waals surface area contributed by atoms with Gasteiger partial charge >= 0.3 is 6.09 Å². The third-order valence-electron chi connectivity index (χ3n) is 4.89. The van der Waals surface area contributed by atoms with E-state index in [1.807, 2.05) is 0 Å². The summed E-state index contributed by atoms with van der Waals surface area (Å²) in [5.74, 6) is 5.27. The fourth-order valence-corrected chi connectivity index (χ4v) is 3.57. The van der Waals surface area contributed by atoms with E-state index in [4.69, 9.17) is 23.2 Å². The molecule has 2 aromatic heterocycles. The van der Waals surface area contributed by atoms with Crippen molar-refractivity contribution in [3.63, 3.8) is 0 Å². The van der Waals surface area contributed by atoms with E-state index in [9.17, 15) is 9.59 Å². The molecule has 2 amide bonds. The summed E-state index contributed by atoms with van der Waals surface area (Å²) in [6.07, 6.45) is 0.843. The number of halogens is 2. The predicted molar refractivity (Wildman–Crippen MR) is 133 cm³/mol. The Hall–Kier alpha value is -4.40. The minimum Gasteiger partial charge on any atom is -0.453 e. The molecule has 11 nitrogen and oxygen atoms in total. The number of anilines is 1. The minimum atomic E-state index is -0.572. The average molecular weight is 525 g/mol. The van der Waals surface area contributed by atoms with Gasteiger partial charge < -0.3 is 15.0 Å². The molecule has 0 aliphatic carbocycles. The van der Waals surface area contributed by atoms with Crippen molar-refractivity contribution in [2.75, 3.05) is 12.4 Å². The van der Waals surface area contributed by atoms with Crippen molar-refractivity contribution >= 4 is 40.9 Å². The Morgan fingerprint density at radius 3 is 2.64 bits per heavy atom. The van der Waals surface area contributed by atoms with Crippen molar-refractivity contribution in [2.45, 2.75) is 13.0 Å². The van der Waals surface area contributed by atoms with Crippen LogP contribution in [0, 0.1) is 11.8 Å². The number of methoxy groups -OCH3 is 1. The molecule has 0 spiro atoms. The Labute approximate surface area is 215 Å². The van der Waals surface area contributed by atoms with Crippen molar-refractivity contribution in [1.82, 2.24) is 35.5 Å². The molecule has 182 valence electrons. The molecule has 0 aliphatic heterocycles. The molecule has 36 heavy (non-hydrogen) atoms. The molecule has 0 saturated heterocycles. The van der Waals surface area contributed by atoms with E-state index in [2.05, 4.69) is 52.7 Å². The topological polar surface area (TPSA) is 140 Å². The minimum absolute atomic E-state index is 0.302. The lowest BCUT2D eigenvalue weighted by atomic mass is 10.1. The number of H-pyrrole nitrogens is 1. The number of hydrogen-bond donors (Lipinski definition) is 3. The Kier molecular flexibility index (Phi) is 7.48. The van der Waals surface area contributed by atoms with E-state index in [1.165, 1.54) is 18.1 Å². The third-order valence-corrected chi connectivity index (χ3v) is 5.40. The Morgan fingerprint density at radius 2 is 1.94 bits per heavy atom. The highest BCUT2D eigenvalue weighted by atomic mass is 35.5. The first-order chi connectivity index (χ1) is 17.3. The molecular formula is C23H18Cl2N8O3. The SMILES string of the molecule is COC(=O)Nc1ccc(-c2nc([C@H](C)NC(=O)C#Cc3cc(Cl)ccc3-n3cnnn3)[nH]c2Cl)cc1. The lowest BCUT2D eigenvalue weighted by molar-refractivity contribution is -0.116. The van der Waals surface area contributed by atoms with Crippen molar-refractivity contribution in [1.29, 1.82) is 0 Å². The van der Waals surface area contributed by atoms with Gasteiger partial charge in [-0.05, 0) is 47.7 Å². The number of aromatic amines is 1. The smallest absolute Gasteiger partial charge is 0.411 e. The van der Waals surface area contributed by atoms with Gasteiger partial charge in [0.2, 0.25) is 0 Å². The van der Waals surface area contributed by atoms with Gasteiger partial charge in [-0.3, -0.25) is 10.1 Å². The van der Waals surface area contributed by atoms with E-state index in [0.717, 1.165) is 0 Å². The van der Waals surface area contributed by atoms with Crippen molar-refractivity contribution in [2.24, 2.45) is 0 Å². The number of amides is 2. The molecule has 13 heteroatoms. The number of tetrazole rings is 1. The van der Waals surface area contributed by atoms with Gasteiger partial charge in [-0.1, -0.05) is 41.3 Å². The zero-order valence-corrected chi connectivity index (χ0v) is 20.4. The van der Waals surface area contributed by atoms with Crippen LogP contribution < -0.4 is 10.6 Å². The number of nitrogens with zero attached hydrogens (tertiary/aromatic N) is 5. The number of benzene rings is 2. The van der Waals surface area contributed by atoms with Gasteiger partial charge in [0.15, 0.2) is 0 Å². The van der Waals surface area contributed by atoms with E-state index >= 15 is 0 Å². The summed E-state index contributed by atoms with van der Waals surface area (Å²) in [7, 11) is 1.28. The second-order valence-corrected chi connectivity index (χ2v) is 8.15. The maximum atomic E-state index is 12.5. The molecule has 3 N–H and O–H groups in total. The zero-order chi connectivity index (χ0) is 25.7. The summed E-state index contributed by atoms with van der Waals surface area (Å²) in [5.41, 5.74) is 2.82. The van der Waals surface area contributed by atoms with Gasteiger partial charge in [0.25, 0.3) is 5.91 Å². The van der Waals surface area contributed by atoms with Crippen LogP contribution in [0.4, 0.5) is 10.5 Å². The summed E-state index contributed by atoms with van der Waals surface area (Å²) in [6, 6.07) is 11.4. The number of carbonyl (C=O) groups is 2. The van der Waals surface area contributed by atoms with E-state index < -0.39 is 18.0 Å². The Balaban J connectivity index is 1.47. The average Bonchev–Trinajstić information content (AvgIpc) is 3.53. The maximum Gasteiger partial charge on any atom is 0.411 e. The quantitative estimate of drug-likeness (QED) is 0.337. The first-order valence-electron chi connectivity index (χ1n) is 10.4. The molecule has 2 heterocycles. The normalized spacial score (nSPS) is 11.2. The van der Waals surface area contributed by atoms with Crippen LogP contribution in [0.25, 0.3) is 16.9 Å². The number of rotatable bonds is 5. The summed E-state index contributed by atoms with van der Waals surface area (Å²) in [4.78, 5) is 31.3. The molecular weight excluding hydrogens is 507 g/mol. The fraction of sp³-hybridized carbons (Fsp3) is 0.130. The maximum absolute atomic E-state index is 12.5. The third kappa shape index (κ3) is 5.80. The van der Waals surface area contributed by atoms with Crippen molar-refractivity contribution in [3.8, 4) is 28.8 Å². The van der Waals surface area contributed by atoms with Crippen LogP contribution in [0.2, 0.25) is 10.2 Å². The second-order valence-electron chi connectivity index (χ2n) is 7.34. The number of hydrogen-bond acceptors (Lipinski definition) is 7. The first-order valence-corrected chi connectivity index (χ1v) is 11.2. The monoisotopic (exact) mass is 524 g/mol. The summed E-state index contributed by atoms with van der Waals surface area (Å²) in [6.45, 7) is 1.74. The van der Waals surface area contributed by atoms with Crippen LogP contribution in [-0.2, 0) is 9.53 Å². The van der Waals surface area contributed by atoms with Gasteiger partial charge in [0.1, 0.15) is 23.0 Å². The standard InChI is InChI=1S/C23H18Cl2N8O3/c1-13(22-29-20(21(25)30-22)14-3-7-17(8-4-14)28-23(35)36-2)27-19(34)10-5-15-11-16(24)6-9-18(15)33-12-26-31-32-33/h3-4,6-9,11-13H,1-2H3,(H,27,34)(H,28,35)(H,29,30)/t13-/m0/s1. The van der Waals surface area contributed by atoms with Gasteiger partial charge in [-0.2, -0.15) is 4.68 Å². The van der Waals surface area contributed by atoms with Crippen molar-refractivity contribution in [3.05, 3.63) is 70.4 Å². The number of aromatic nitrogens is 6.